The molecule has 0 spiro atoms. The van der Waals surface area contributed by atoms with Gasteiger partial charge in [0.15, 0.2) is 0 Å². The van der Waals surface area contributed by atoms with Crippen molar-refractivity contribution in [3.63, 3.8) is 0 Å². The molecule has 0 unspecified atom stereocenters. The molecule has 0 aromatic carbocycles. The van der Waals surface area contributed by atoms with Gasteiger partial charge in [-0.05, 0) is 12.5 Å². The molecule has 0 heterocycles. The van der Waals surface area contributed by atoms with E-state index < -0.39 is 5.97 Å². The van der Waals surface area contributed by atoms with Gasteiger partial charge in [-0.1, -0.05) is 6.58 Å². The summed E-state index contributed by atoms with van der Waals surface area (Å²) in [5.74, 6) is -1.19. The van der Waals surface area contributed by atoms with Crippen molar-refractivity contribution < 1.29 is 34.7 Å². The lowest BCUT2D eigenvalue weighted by Crippen LogP contribution is -3.00. The van der Waals surface area contributed by atoms with Gasteiger partial charge in [0, 0.05) is 0 Å². The molecule has 0 atom stereocenters. The molecule has 0 aliphatic heterocycles. The summed E-state index contributed by atoms with van der Waals surface area (Å²) >= 11 is 0. The van der Waals surface area contributed by atoms with Crippen molar-refractivity contribution in [3.05, 3.63) is 12.2 Å². The maximum Gasteiger partial charge on any atom is 0.0666 e. The van der Waals surface area contributed by atoms with Gasteiger partial charge in [0.1, 0.15) is 0 Å². The molecule has 0 rings (SSSR count). The van der Waals surface area contributed by atoms with Gasteiger partial charge in [-0.2, -0.15) is 0 Å². The predicted octanol–water partition coefficient (Wildman–Crippen LogP) is -5.55. The fourth-order valence-corrected chi connectivity index (χ4v) is 0. The minimum absolute atomic E-state index is 0. The maximum absolute atomic E-state index is 9.49. The molecule has 0 saturated heterocycles. The van der Waals surface area contributed by atoms with Crippen LogP contribution >= 0.6 is 0 Å². The first-order valence-corrected chi connectivity index (χ1v) is 1.51. The van der Waals surface area contributed by atoms with Gasteiger partial charge >= 0.3 is 0 Å². The van der Waals surface area contributed by atoms with Crippen molar-refractivity contribution in [2.45, 2.75) is 6.92 Å². The van der Waals surface area contributed by atoms with E-state index in [1.165, 1.54) is 6.92 Å². The maximum atomic E-state index is 9.49. The molecule has 74 valence electrons. The zero-order valence-electron chi connectivity index (χ0n) is 7.28. The number of carboxylic acids is 1. The third kappa shape index (κ3) is 42.2. The Morgan fingerprint density at radius 3 is 1.27 bits per heavy atom. The van der Waals surface area contributed by atoms with Crippen LogP contribution in [-0.2, 0) is 4.79 Å². The lowest BCUT2D eigenvalue weighted by Gasteiger charge is -1.93. The fourth-order valence-electron chi connectivity index (χ4n) is 0. The Hall–Kier alpha value is -0.330. The van der Waals surface area contributed by atoms with E-state index in [0.29, 0.717) is 0 Å². The summed E-state index contributed by atoms with van der Waals surface area (Å²) in [6, 6.07) is 0. The molecule has 11 heavy (non-hydrogen) atoms. The molecule has 0 aromatic heterocycles. The summed E-state index contributed by atoms with van der Waals surface area (Å²) in [4.78, 5) is 9.49. The number of carboxylic acid groups (broad SMARTS) is 1. The van der Waals surface area contributed by atoms with Crippen LogP contribution in [0.5, 0.6) is 0 Å². The first-order chi connectivity index (χ1) is 2.64. The van der Waals surface area contributed by atoms with Crippen molar-refractivity contribution in [3.8, 4) is 0 Å². The van der Waals surface area contributed by atoms with Crippen molar-refractivity contribution in [1.29, 1.82) is 0 Å². The third-order valence-electron chi connectivity index (χ3n) is 0.348. The van der Waals surface area contributed by atoms with Gasteiger partial charge in [-0.15, -0.1) is 0 Å². The first-order valence-electron chi connectivity index (χ1n) is 1.51. The molecule has 0 aromatic rings. The van der Waals surface area contributed by atoms with Crippen LogP contribution in [0.4, 0.5) is 0 Å². The molecule has 0 fully saturated rings. The van der Waals surface area contributed by atoms with E-state index in [2.05, 4.69) is 6.58 Å². The van der Waals surface area contributed by atoms with Crippen LogP contribution in [0.3, 0.4) is 0 Å². The lowest BCUT2D eigenvalue weighted by molar-refractivity contribution is -0.299. The van der Waals surface area contributed by atoms with Crippen LogP contribution in [0.1, 0.15) is 6.92 Å². The SMILES string of the molecule is C=C(C)C(=O)[O-].[Cl-].[Cl-].[NH4+].[NH4+].[NH4+]. The Kier molecular flexibility index (Phi) is 94.0. The van der Waals surface area contributed by atoms with Crippen molar-refractivity contribution in [2.75, 3.05) is 0 Å². The molecule has 0 radical (unpaired) electrons. The van der Waals surface area contributed by atoms with E-state index >= 15 is 0 Å². The van der Waals surface area contributed by atoms with Crippen LogP contribution in [0.15, 0.2) is 12.2 Å². The molecular weight excluding hydrogens is 193 g/mol. The summed E-state index contributed by atoms with van der Waals surface area (Å²) in [7, 11) is 0. The van der Waals surface area contributed by atoms with E-state index in [4.69, 9.17) is 0 Å². The normalized spacial score (nSPS) is 4.09. The molecule has 7 heteroatoms. The summed E-state index contributed by atoms with van der Waals surface area (Å²) in [5, 5.41) is 9.49. The van der Waals surface area contributed by atoms with E-state index in [9.17, 15) is 9.90 Å². The molecule has 0 bridgehead atoms. The van der Waals surface area contributed by atoms with E-state index in [1.807, 2.05) is 0 Å². The molecular formula is C4H17Cl2N3O2. The average molecular weight is 210 g/mol. The smallest absolute Gasteiger partial charge is 0.0666 e. The molecule has 0 amide bonds. The van der Waals surface area contributed by atoms with Crippen LogP contribution in [0.2, 0.25) is 0 Å². The highest BCUT2D eigenvalue weighted by molar-refractivity contribution is 5.82. The Morgan fingerprint density at radius 1 is 1.18 bits per heavy atom. The largest absolute Gasteiger partial charge is 1.00 e. The second-order valence-electron chi connectivity index (χ2n) is 1.07. The van der Waals surface area contributed by atoms with Crippen molar-refractivity contribution in [1.82, 2.24) is 18.5 Å². The highest BCUT2D eigenvalue weighted by Crippen LogP contribution is 1.77. The minimum Gasteiger partial charge on any atom is -1.00 e. The number of carbonyl (C=O) groups is 1. The predicted molar refractivity (Wildman–Crippen MR) is 37.8 cm³/mol. The summed E-state index contributed by atoms with van der Waals surface area (Å²) in [5.41, 5.74) is 0.0648. The van der Waals surface area contributed by atoms with Gasteiger partial charge in [0.05, 0.1) is 5.97 Å². The van der Waals surface area contributed by atoms with Crippen LogP contribution in [0, 0.1) is 0 Å². The Bertz CT molecular complexity index is 87.3. The van der Waals surface area contributed by atoms with Crippen LogP contribution in [0.25, 0.3) is 0 Å². The van der Waals surface area contributed by atoms with E-state index in [1.54, 1.807) is 0 Å². The molecule has 0 aliphatic carbocycles. The van der Waals surface area contributed by atoms with Gasteiger partial charge in [0.2, 0.25) is 0 Å². The lowest BCUT2D eigenvalue weighted by atomic mass is 10.4. The van der Waals surface area contributed by atoms with Crippen LogP contribution in [-0.4, -0.2) is 5.97 Å². The number of hydrogen-bond acceptors (Lipinski definition) is 2. The number of quaternary nitrogens is 3. The van der Waals surface area contributed by atoms with E-state index in [0.717, 1.165) is 0 Å². The second-order valence-corrected chi connectivity index (χ2v) is 1.07. The Balaban J connectivity index is -0.0000000125. The number of aliphatic carboxylic acids is 1. The quantitative estimate of drug-likeness (QED) is 0.370. The number of hydrogen-bond donors (Lipinski definition) is 3. The summed E-state index contributed by atoms with van der Waals surface area (Å²) in [6.45, 7) is 4.48. The van der Waals surface area contributed by atoms with Gasteiger partial charge in [-0.25, -0.2) is 0 Å². The Morgan fingerprint density at radius 2 is 1.27 bits per heavy atom. The van der Waals surface area contributed by atoms with E-state index in [-0.39, 0.29) is 48.8 Å². The molecule has 12 N–H and O–H groups in total. The summed E-state index contributed by atoms with van der Waals surface area (Å²) in [6.07, 6.45) is 0. The Labute approximate surface area is 78.8 Å². The minimum atomic E-state index is -1.19. The van der Waals surface area contributed by atoms with Crippen molar-refractivity contribution in [2.24, 2.45) is 0 Å². The van der Waals surface area contributed by atoms with Crippen LogP contribution < -0.4 is 48.4 Å². The zero-order valence-corrected chi connectivity index (χ0v) is 8.79. The molecule has 5 nitrogen and oxygen atoms in total. The number of halogens is 2. The topological polar surface area (TPSA) is 150 Å². The zero-order chi connectivity index (χ0) is 5.15. The standard InChI is InChI=1S/C4H6O2.2ClH.3H3N/c1-3(2)4(5)6;;;;;/h1H2,2H3,(H,5,6);2*1H;3*1H3. The van der Waals surface area contributed by atoms with Gasteiger partial charge < -0.3 is 53.2 Å². The highest BCUT2D eigenvalue weighted by Gasteiger charge is 1.76. The third-order valence-corrected chi connectivity index (χ3v) is 0.348. The molecule has 0 aliphatic rings. The number of carbonyl (C=O) groups excluding carboxylic acids is 1. The highest BCUT2D eigenvalue weighted by atomic mass is 35.5. The fraction of sp³-hybridized carbons (Fsp3) is 0.250. The van der Waals surface area contributed by atoms with Gasteiger partial charge in [0.25, 0.3) is 0 Å². The average Bonchev–Trinajstić information content (AvgIpc) is 1.36. The molecule has 0 saturated carbocycles. The summed E-state index contributed by atoms with van der Waals surface area (Å²) < 4.78 is 0. The van der Waals surface area contributed by atoms with Crippen molar-refractivity contribution >= 4 is 5.97 Å². The second kappa shape index (κ2) is 22.6. The number of rotatable bonds is 1. The van der Waals surface area contributed by atoms with Gasteiger partial charge in [-0.3, -0.25) is 0 Å². The first kappa shape index (κ1) is 45.7. The monoisotopic (exact) mass is 209 g/mol.